The van der Waals surface area contributed by atoms with Gasteiger partial charge in [0, 0.05) is 23.1 Å². The van der Waals surface area contributed by atoms with Gasteiger partial charge in [-0.05, 0) is 43.4 Å². The minimum atomic E-state index is -4.40. The van der Waals surface area contributed by atoms with Crippen molar-refractivity contribution >= 4 is 23.4 Å². The Morgan fingerprint density at radius 1 is 1.33 bits per heavy atom. The van der Waals surface area contributed by atoms with Crippen molar-refractivity contribution in [3.05, 3.63) is 35.9 Å². The quantitative estimate of drug-likeness (QED) is 0.673. The van der Waals surface area contributed by atoms with Crippen molar-refractivity contribution in [3.63, 3.8) is 0 Å². The van der Waals surface area contributed by atoms with Gasteiger partial charge < -0.3 is 4.90 Å². The lowest BCUT2D eigenvalue weighted by atomic mass is 10.0. The van der Waals surface area contributed by atoms with Crippen LogP contribution >= 0.6 is 11.8 Å². The fourth-order valence-corrected chi connectivity index (χ4v) is 4.26. The van der Waals surface area contributed by atoms with Crippen LogP contribution in [0.4, 0.5) is 18.9 Å². The number of carbonyl (C=O) groups excluding carboxylic acids is 1. The number of hydrogen-bond donors (Lipinski definition) is 0. The Morgan fingerprint density at radius 2 is 2.12 bits per heavy atom. The first kappa shape index (κ1) is 17.4. The minimum Gasteiger partial charge on any atom is -0.311 e. The summed E-state index contributed by atoms with van der Waals surface area (Å²) < 4.78 is 39.2. The zero-order valence-electron chi connectivity index (χ0n) is 13.5. The van der Waals surface area contributed by atoms with Gasteiger partial charge in [0.25, 0.3) is 0 Å². The van der Waals surface area contributed by atoms with Crippen LogP contribution in [0.25, 0.3) is 0 Å². The largest absolute Gasteiger partial charge is 0.416 e. The summed E-state index contributed by atoms with van der Waals surface area (Å²) in [5.41, 5.74) is -0.291. The summed E-state index contributed by atoms with van der Waals surface area (Å²) in [7, 11) is 0. The summed E-state index contributed by atoms with van der Waals surface area (Å²) in [6.45, 7) is 2.51. The van der Waals surface area contributed by atoms with Gasteiger partial charge in [-0.15, -0.1) is 11.8 Å². The van der Waals surface area contributed by atoms with Crippen LogP contribution in [0.1, 0.15) is 38.2 Å². The van der Waals surface area contributed by atoms with Gasteiger partial charge in [-0.2, -0.15) is 13.2 Å². The van der Waals surface area contributed by atoms with Gasteiger partial charge in [-0.3, -0.25) is 4.79 Å². The van der Waals surface area contributed by atoms with E-state index in [0.717, 1.165) is 36.3 Å². The number of anilines is 1. The number of hydrogen-bond acceptors (Lipinski definition) is 2. The third-order valence-corrected chi connectivity index (χ3v) is 5.75. The molecular formula is C18H20F3NOS. The molecule has 1 aromatic carbocycles. The van der Waals surface area contributed by atoms with Crippen molar-refractivity contribution < 1.29 is 18.0 Å². The van der Waals surface area contributed by atoms with Gasteiger partial charge >= 0.3 is 6.18 Å². The molecule has 0 radical (unpaired) electrons. The number of benzene rings is 1. The number of rotatable bonds is 2. The van der Waals surface area contributed by atoms with E-state index in [1.165, 1.54) is 6.07 Å². The number of carbonyl (C=O) groups is 1. The lowest BCUT2D eigenvalue weighted by molar-refractivity contribution is -0.137. The first-order valence-electron chi connectivity index (χ1n) is 8.19. The van der Waals surface area contributed by atoms with Gasteiger partial charge in [0.15, 0.2) is 0 Å². The second-order valence-corrected chi connectivity index (χ2v) is 7.89. The highest BCUT2D eigenvalue weighted by atomic mass is 32.2. The zero-order valence-corrected chi connectivity index (χ0v) is 14.3. The molecule has 1 heterocycles. The number of halogens is 3. The van der Waals surface area contributed by atoms with Gasteiger partial charge in [0.2, 0.25) is 5.91 Å². The highest BCUT2D eigenvalue weighted by Gasteiger charge is 2.33. The predicted octanol–water partition coefficient (Wildman–Crippen LogP) is 5.28. The van der Waals surface area contributed by atoms with E-state index in [9.17, 15) is 18.0 Å². The van der Waals surface area contributed by atoms with E-state index in [2.05, 4.69) is 6.08 Å². The molecule has 0 saturated heterocycles. The zero-order chi connectivity index (χ0) is 17.3. The fourth-order valence-electron chi connectivity index (χ4n) is 3.17. The van der Waals surface area contributed by atoms with Crippen LogP contribution in [-0.2, 0) is 11.0 Å². The number of amides is 1. The molecule has 3 rings (SSSR count). The number of allylic oxidation sites excluding steroid dienone is 2. The average Bonchev–Trinajstić information content (AvgIpc) is 2.94. The number of fused-ring (bicyclic) bond motifs is 1. The Labute approximate surface area is 144 Å². The summed E-state index contributed by atoms with van der Waals surface area (Å²) in [5.74, 6) is 0.127. The first-order chi connectivity index (χ1) is 11.3. The van der Waals surface area contributed by atoms with E-state index in [1.54, 1.807) is 16.7 Å². The van der Waals surface area contributed by atoms with E-state index in [1.807, 2.05) is 13.0 Å². The predicted molar refractivity (Wildman–Crippen MR) is 90.2 cm³/mol. The van der Waals surface area contributed by atoms with Crippen molar-refractivity contribution in [2.24, 2.45) is 5.92 Å². The lowest BCUT2D eigenvalue weighted by Gasteiger charge is -2.24. The number of alkyl halides is 3. The van der Waals surface area contributed by atoms with E-state index in [0.29, 0.717) is 18.7 Å². The average molecular weight is 355 g/mol. The van der Waals surface area contributed by atoms with E-state index >= 15 is 0 Å². The summed E-state index contributed by atoms with van der Waals surface area (Å²) >= 11 is 1.54. The molecular weight excluding hydrogens is 335 g/mol. The number of thioether (sulfide) groups is 1. The second-order valence-electron chi connectivity index (χ2n) is 6.41. The van der Waals surface area contributed by atoms with Crippen LogP contribution in [0.15, 0.2) is 35.2 Å². The Hall–Kier alpha value is -1.43. The SMILES string of the molecule is CC1CCN(C(=O)CC2C=CCC2)c2cc(C(F)(F)F)ccc2S1. The standard InChI is InChI=1S/C18H20F3NOS/c1-12-8-9-22(17(23)10-13-4-2-3-5-13)15-11-14(18(19,20)21)6-7-16(15)24-12/h2,4,6-7,11-13H,3,5,8-10H2,1H3. The maximum atomic E-state index is 13.1. The molecule has 2 atom stereocenters. The van der Waals surface area contributed by atoms with Gasteiger partial charge in [-0.1, -0.05) is 19.1 Å². The van der Waals surface area contributed by atoms with Crippen LogP contribution < -0.4 is 4.90 Å². The van der Waals surface area contributed by atoms with Crippen LogP contribution in [0.5, 0.6) is 0 Å². The topological polar surface area (TPSA) is 20.3 Å². The third-order valence-electron chi connectivity index (χ3n) is 4.51. The maximum Gasteiger partial charge on any atom is 0.416 e. The molecule has 2 unspecified atom stereocenters. The molecule has 130 valence electrons. The smallest absolute Gasteiger partial charge is 0.311 e. The molecule has 1 aliphatic heterocycles. The normalized spacial score (nSPS) is 23.9. The summed E-state index contributed by atoms with van der Waals surface area (Å²) in [6, 6.07) is 3.73. The van der Waals surface area contributed by atoms with Crippen molar-refractivity contribution in [3.8, 4) is 0 Å². The monoisotopic (exact) mass is 355 g/mol. The molecule has 0 saturated carbocycles. The van der Waals surface area contributed by atoms with Gasteiger partial charge in [0.1, 0.15) is 0 Å². The highest BCUT2D eigenvalue weighted by molar-refractivity contribution is 8.00. The van der Waals surface area contributed by atoms with Crippen LogP contribution in [0, 0.1) is 5.92 Å². The van der Waals surface area contributed by atoms with E-state index in [4.69, 9.17) is 0 Å². The van der Waals surface area contributed by atoms with Crippen molar-refractivity contribution in [2.75, 3.05) is 11.4 Å². The van der Waals surface area contributed by atoms with Crippen molar-refractivity contribution in [1.29, 1.82) is 0 Å². The highest BCUT2D eigenvalue weighted by Crippen LogP contribution is 2.41. The molecule has 6 heteroatoms. The molecule has 1 amide bonds. The Bertz CT molecular complexity index is 656. The lowest BCUT2D eigenvalue weighted by Crippen LogP contribution is -2.33. The third kappa shape index (κ3) is 3.79. The van der Waals surface area contributed by atoms with E-state index < -0.39 is 11.7 Å². The van der Waals surface area contributed by atoms with Gasteiger partial charge in [-0.25, -0.2) is 0 Å². The summed E-state index contributed by atoms with van der Waals surface area (Å²) in [4.78, 5) is 15.1. The molecule has 0 bridgehead atoms. The first-order valence-corrected chi connectivity index (χ1v) is 9.07. The fraction of sp³-hybridized carbons (Fsp3) is 0.500. The van der Waals surface area contributed by atoms with Crippen molar-refractivity contribution in [1.82, 2.24) is 0 Å². The molecule has 0 spiro atoms. The summed E-state index contributed by atoms with van der Waals surface area (Å²) in [5, 5.41) is 0.268. The second kappa shape index (κ2) is 6.82. The van der Waals surface area contributed by atoms with Crippen LogP contribution in [0.2, 0.25) is 0 Å². The number of nitrogens with zero attached hydrogens (tertiary/aromatic N) is 1. The maximum absolute atomic E-state index is 13.1. The molecule has 1 aromatic rings. The molecule has 1 aliphatic carbocycles. The minimum absolute atomic E-state index is 0.0816. The molecule has 0 aromatic heterocycles. The molecule has 0 N–H and O–H groups in total. The van der Waals surface area contributed by atoms with Crippen LogP contribution in [0.3, 0.4) is 0 Å². The Morgan fingerprint density at radius 3 is 2.79 bits per heavy atom. The summed E-state index contributed by atoms with van der Waals surface area (Å²) in [6.07, 6.45) is 2.76. The van der Waals surface area contributed by atoms with Crippen molar-refractivity contribution in [2.45, 2.75) is 48.9 Å². The molecule has 0 fully saturated rings. The Balaban J connectivity index is 1.92. The molecule has 2 nitrogen and oxygen atoms in total. The van der Waals surface area contributed by atoms with Gasteiger partial charge in [0.05, 0.1) is 11.3 Å². The van der Waals surface area contributed by atoms with E-state index in [-0.39, 0.29) is 17.1 Å². The molecule has 2 aliphatic rings. The Kier molecular flexibility index (Phi) is 4.95. The molecule has 24 heavy (non-hydrogen) atoms. The van der Waals surface area contributed by atoms with Crippen LogP contribution in [-0.4, -0.2) is 17.7 Å².